The average molecular weight is 234 g/mol. The highest BCUT2D eigenvalue weighted by molar-refractivity contribution is 5.85. The molecule has 5 nitrogen and oxygen atoms in total. The van der Waals surface area contributed by atoms with Gasteiger partial charge in [-0.05, 0) is 25.0 Å². The van der Waals surface area contributed by atoms with Crippen molar-refractivity contribution >= 4 is 11.9 Å². The molecule has 1 aliphatic rings. The van der Waals surface area contributed by atoms with Crippen LogP contribution in [-0.4, -0.2) is 33.4 Å². The Morgan fingerprint density at radius 1 is 1.41 bits per heavy atom. The summed E-state index contributed by atoms with van der Waals surface area (Å²) in [6.45, 7) is 1.14. The molecule has 0 bridgehead atoms. The number of hydrogen-bond acceptors (Lipinski definition) is 3. The van der Waals surface area contributed by atoms with Crippen LogP contribution in [0.3, 0.4) is 0 Å². The molecule has 2 heterocycles. The number of carbonyl (C=O) groups excluding carboxylic acids is 1. The number of amides is 1. The van der Waals surface area contributed by atoms with Gasteiger partial charge in [0.2, 0.25) is 5.91 Å². The molecular weight excluding hydrogens is 220 g/mol. The minimum atomic E-state index is -1.04. The third-order valence-electron chi connectivity index (χ3n) is 2.80. The number of hydrogen-bond donors (Lipinski definition) is 1. The summed E-state index contributed by atoms with van der Waals surface area (Å²) in [5.41, 5.74) is 0.645. The van der Waals surface area contributed by atoms with Crippen LogP contribution in [-0.2, 0) is 11.3 Å². The Hall–Kier alpha value is -1.91. The van der Waals surface area contributed by atoms with Crippen LogP contribution in [0.1, 0.15) is 35.4 Å². The largest absolute Gasteiger partial charge is 0.477 e. The first-order valence-corrected chi connectivity index (χ1v) is 5.64. The van der Waals surface area contributed by atoms with Crippen LogP contribution in [0.5, 0.6) is 0 Å². The van der Waals surface area contributed by atoms with E-state index in [2.05, 4.69) is 4.98 Å². The maximum absolute atomic E-state index is 11.6. The summed E-state index contributed by atoms with van der Waals surface area (Å²) >= 11 is 0. The summed E-state index contributed by atoms with van der Waals surface area (Å²) in [5.74, 6) is -0.921. The van der Waals surface area contributed by atoms with Gasteiger partial charge in [0.1, 0.15) is 5.69 Å². The molecule has 90 valence electrons. The lowest BCUT2D eigenvalue weighted by Gasteiger charge is -2.26. The monoisotopic (exact) mass is 234 g/mol. The van der Waals surface area contributed by atoms with E-state index in [1.165, 1.54) is 6.07 Å². The van der Waals surface area contributed by atoms with E-state index in [-0.39, 0.29) is 11.6 Å². The van der Waals surface area contributed by atoms with Crippen molar-refractivity contribution in [2.45, 2.75) is 25.8 Å². The zero-order valence-electron chi connectivity index (χ0n) is 9.43. The highest BCUT2D eigenvalue weighted by Gasteiger charge is 2.18. The van der Waals surface area contributed by atoms with Crippen molar-refractivity contribution in [3.8, 4) is 0 Å². The van der Waals surface area contributed by atoms with E-state index in [1.54, 1.807) is 17.0 Å². The molecule has 2 rings (SSSR count). The fraction of sp³-hybridized carbons (Fsp3) is 0.417. The Morgan fingerprint density at radius 3 is 2.94 bits per heavy atom. The van der Waals surface area contributed by atoms with Gasteiger partial charge in [-0.2, -0.15) is 0 Å². The van der Waals surface area contributed by atoms with Crippen LogP contribution in [0.4, 0.5) is 0 Å². The second kappa shape index (κ2) is 4.95. The summed E-state index contributed by atoms with van der Waals surface area (Å²) in [7, 11) is 0. The first-order chi connectivity index (χ1) is 8.16. The van der Waals surface area contributed by atoms with Gasteiger partial charge in [-0.15, -0.1) is 0 Å². The normalized spacial score (nSPS) is 16.0. The van der Waals surface area contributed by atoms with E-state index in [0.29, 0.717) is 18.7 Å². The summed E-state index contributed by atoms with van der Waals surface area (Å²) in [4.78, 5) is 28.1. The summed E-state index contributed by atoms with van der Waals surface area (Å²) in [6.07, 6.45) is 2.53. The number of piperidine rings is 1. The van der Waals surface area contributed by atoms with Crippen molar-refractivity contribution < 1.29 is 14.7 Å². The summed E-state index contributed by atoms with van der Waals surface area (Å²) < 4.78 is 0. The average Bonchev–Trinajstić information content (AvgIpc) is 2.32. The van der Waals surface area contributed by atoms with E-state index in [4.69, 9.17) is 5.11 Å². The van der Waals surface area contributed by atoms with Gasteiger partial charge >= 0.3 is 5.97 Å². The number of pyridine rings is 1. The second-order valence-electron chi connectivity index (χ2n) is 4.09. The van der Waals surface area contributed by atoms with Crippen molar-refractivity contribution in [2.24, 2.45) is 0 Å². The molecular formula is C12H14N2O3. The van der Waals surface area contributed by atoms with Crippen LogP contribution in [0, 0.1) is 0 Å². The van der Waals surface area contributed by atoms with Crippen molar-refractivity contribution in [3.05, 3.63) is 29.6 Å². The molecule has 0 aliphatic carbocycles. The summed E-state index contributed by atoms with van der Waals surface area (Å²) in [6, 6.07) is 4.85. The highest BCUT2D eigenvalue weighted by Crippen LogP contribution is 2.13. The van der Waals surface area contributed by atoms with E-state index in [0.717, 1.165) is 19.4 Å². The minimum Gasteiger partial charge on any atom is -0.477 e. The SMILES string of the molecule is O=C(O)c1cccc(CN2CCCCC2=O)n1. The topological polar surface area (TPSA) is 70.5 Å². The lowest BCUT2D eigenvalue weighted by molar-refractivity contribution is -0.133. The maximum atomic E-state index is 11.6. The minimum absolute atomic E-state index is 0.0203. The van der Waals surface area contributed by atoms with Crippen molar-refractivity contribution in [1.82, 2.24) is 9.88 Å². The van der Waals surface area contributed by atoms with Crippen molar-refractivity contribution in [3.63, 3.8) is 0 Å². The number of aromatic carboxylic acids is 1. The molecule has 0 saturated carbocycles. The first-order valence-electron chi connectivity index (χ1n) is 5.64. The van der Waals surface area contributed by atoms with Gasteiger partial charge in [0.05, 0.1) is 12.2 Å². The number of aromatic nitrogens is 1. The Balaban J connectivity index is 2.09. The van der Waals surface area contributed by atoms with E-state index in [9.17, 15) is 9.59 Å². The quantitative estimate of drug-likeness (QED) is 0.855. The lowest BCUT2D eigenvalue weighted by Crippen LogP contribution is -2.34. The number of likely N-dealkylation sites (tertiary alicyclic amines) is 1. The summed E-state index contributed by atoms with van der Waals surface area (Å²) in [5, 5.41) is 8.82. The molecule has 1 aromatic rings. The van der Waals surface area contributed by atoms with E-state index >= 15 is 0 Å². The molecule has 0 aromatic carbocycles. The van der Waals surface area contributed by atoms with Crippen molar-refractivity contribution in [2.75, 3.05) is 6.54 Å². The third-order valence-corrected chi connectivity index (χ3v) is 2.80. The molecule has 17 heavy (non-hydrogen) atoms. The van der Waals surface area contributed by atoms with Gasteiger partial charge < -0.3 is 10.0 Å². The number of carbonyl (C=O) groups is 2. The van der Waals surface area contributed by atoms with E-state index in [1.807, 2.05) is 0 Å². The molecule has 1 aromatic heterocycles. The van der Waals surface area contributed by atoms with Crippen LogP contribution in [0.15, 0.2) is 18.2 Å². The molecule has 1 fully saturated rings. The molecule has 5 heteroatoms. The van der Waals surface area contributed by atoms with Gasteiger partial charge in [0, 0.05) is 13.0 Å². The van der Waals surface area contributed by atoms with Gasteiger partial charge in [0.15, 0.2) is 0 Å². The van der Waals surface area contributed by atoms with Crippen molar-refractivity contribution in [1.29, 1.82) is 0 Å². The molecule has 0 radical (unpaired) electrons. The molecule has 1 saturated heterocycles. The molecule has 0 spiro atoms. The molecule has 0 unspecified atom stereocenters. The maximum Gasteiger partial charge on any atom is 0.354 e. The van der Waals surface area contributed by atoms with Crippen LogP contribution < -0.4 is 0 Å². The van der Waals surface area contributed by atoms with Crippen LogP contribution in [0.25, 0.3) is 0 Å². The zero-order valence-corrected chi connectivity index (χ0v) is 9.43. The number of rotatable bonds is 3. The number of carboxylic acids is 1. The number of carboxylic acid groups (broad SMARTS) is 1. The number of nitrogens with zero attached hydrogens (tertiary/aromatic N) is 2. The Bertz CT molecular complexity index is 445. The van der Waals surface area contributed by atoms with Gasteiger partial charge in [0.25, 0.3) is 0 Å². The van der Waals surface area contributed by atoms with Gasteiger partial charge in [-0.1, -0.05) is 6.07 Å². The Morgan fingerprint density at radius 2 is 2.24 bits per heavy atom. The third kappa shape index (κ3) is 2.81. The standard InChI is InChI=1S/C12H14N2O3/c15-11-6-1-2-7-14(11)8-9-4-3-5-10(13-9)12(16)17/h3-5H,1-2,6-8H2,(H,16,17). The van der Waals surface area contributed by atoms with Crippen LogP contribution in [0.2, 0.25) is 0 Å². The molecule has 1 aliphatic heterocycles. The lowest BCUT2D eigenvalue weighted by atomic mass is 10.1. The van der Waals surface area contributed by atoms with E-state index < -0.39 is 5.97 Å². The fourth-order valence-electron chi connectivity index (χ4n) is 1.91. The predicted octanol–water partition coefficient (Wildman–Crippen LogP) is 1.29. The zero-order chi connectivity index (χ0) is 12.3. The Kier molecular flexibility index (Phi) is 3.37. The molecule has 0 atom stereocenters. The smallest absolute Gasteiger partial charge is 0.354 e. The molecule has 1 amide bonds. The second-order valence-corrected chi connectivity index (χ2v) is 4.09. The highest BCUT2D eigenvalue weighted by atomic mass is 16.4. The predicted molar refractivity (Wildman–Crippen MR) is 60.5 cm³/mol. The fourth-order valence-corrected chi connectivity index (χ4v) is 1.91. The Labute approximate surface area is 99.1 Å². The van der Waals surface area contributed by atoms with Gasteiger partial charge in [-0.25, -0.2) is 9.78 Å². The molecule has 1 N–H and O–H groups in total. The van der Waals surface area contributed by atoms with Gasteiger partial charge in [-0.3, -0.25) is 4.79 Å². The first kappa shape index (κ1) is 11.6. The van der Waals surface area contributed by atoms with Crippen LogP contribution >= 0.6 is 0 Å².